The molecule has 4 rings (SSSR count). The summed E-state index contributed by atoms with van der Waals surface area (Å²) >= 11 is 5.47. The smallest absolute Gasteiger partial charge is 0.163 e. The number of aromatic nitrogens is 4. The van der Waals surface area contributed by atoms with Crippen molar-refractivity contribution in [2.45, 2.75) is 6.54 Å². The van der Waals surface area contributed by atoms with Crippen LogP contribution in [0.1, 0.15) is 5.56 Å². The Morgan fingerprint density at radius 1 is 1.16 bits per heavy atom. The molecule has 126 valence electrons. The minimum Gasteiger partial charge on any atom is -0.325 e. The van der Waals surface area contributed by atoms with Crippen LogP contribution in [0.2, 0.25) is 0 Å². The highest BCUT2D eigenvalue weighted by Crippen LogP contribution is 2.37. The van der Waals surface area contributed by atoms with Gasteiger partial charge >= 0.3 is 0 Å². The van der Waals surface area contributed by atoms with E-state index < -0.39 is 0 Å². The molecule has 25 heavy (non-hydrogen) atoms. The largest absolute Gasteiger partial charge is 0.325 e. The van der Waals surface area contributed by atoms with E-state index in [0.29, 0.717) is 28.6 Å². The molecule has 0 fully saturated rings. The normalized spacial score (nSPS) is 11.8. The summed E-state index contributed by atoms with van der Waals surface area (Å²) in [6.45, 7) is 0.691. The van der Waals surface area contributed by atoms with E-state index in [9.17, 15) is 4.39 Å². The maximum atomic E-state index is 14.6. The lowest BCUT2D eigenvalue weighted by Crippen LogP contribution is -2.01. The number of nitrogens with zero attached hydrogens (tertiary/aromatic N) is 4. The van der Waals surface area contributed by atoms with Gasteiger partial charge in [0, 0.05) is 24.3 Å². The third kappa shape index (κ3) is 3.13. The van der Waals surface area contributed by atoms with Crippen LogP contribution in [0.4, 0.5) is 4.39 Å². The van der Waals surface area contributed by atoms with Crippen LogP contribution in [0.15, 0.2) is 59.3 Å². The molecule has 0 aliphatic heterocycles. The summed E-state index contributed by atoms with van der Waals surface area (Å²) in [5.74, 6) is 0.450. The molecule has 2 heterocycles. The predicted molar refractivity (Wildman–Crippen MR) is 112 cm³/mol. The minimum absolute atomic E-state index is 0.290. The quantitative estimate of drug-likeness (QED) is 0.254. The SMILES string of the molecule is Fc1c(Br)ccc2c(-c3nccn3Cc3ccccc3)nn(PI)c12. The maximum Gasteiger partial charge on any atom is 0.163 e. The Morgan fingerprint density at radius 3 is 2.72 bits per heavy atom. The van der Waals surface area contributed by atoms with Gasteiger partial charge in [0.2, 0.25) is 0 Å². The van der Waals surface area contributed by atoms with Crippen molar-refractivity contribution in [3.8, 4) is 11.5 Å². The fourth-order valence-corrected chi connectivity index (χ4v) is 4.61. The average Bonchev–Trinajstić information content (AvgIpc) is 3.23. The molecule has 1 unspecified atom stereocenters. The molecular weight excluding hydrogens is 517 g/mol. The van der Waals surface area contributed by atoms with Crippen LogP contribution in [0.25, 0.3) is 22.4 Å². The Labute approximate surface area is 166 Å². The number of hydrogen-bond acceptors (Lipinski definition) is 2. The van der Waals surface area contributed by atoms with E-state index in [-0.39, 0.29) is 5.82 Å². The molecule has 0 aliphatic rings. The second-order valence-electron chi connectivity index (χ2n) is 5.47. The van der Waals surface area contributed by atoms with Crippen molar-refractivity contribution in [3.05, 3.63) is 70.7 Å². The monoisotopic (exact) mass is 528 g/mol. The van der Waals surface area contributed by atoms with Gasteiger partial charge in [-0.25, -0.2) is 13.8 Å². The lowest BCUT2D eigenvalue weighted by molar-refractivity contribution is 0.628. The number of benzene rings is 2. The molecule has 0 saturated carbocycles. The van der Waals surface area contributed by atoms with Crippen LogP contribution in [-0.2, 0) is 6.54 Å². The first-order valence-electron chi connectivity index (χ1n) is 7.48. The van der Waals surface area contributed by atoms with Gasteiger partial charge in [0.15, 0.2) is 11.6 Å². The molecule has 0 saturated heterocycles. The zero-order valence-corrected chi connectivity index (χ0v) is 17.6. The maximum absolute atomic E-state index is 14.6. The third-order valence-electron chi connectivity index (χ3n) is 3.94. The zero-order valence-electron chi connectivity index (χ0n) is 12.8. The number of imidazole rings is 1. The van der Waals surface area contributed by atoms with Crippen molar-refractivity contribution >= 4 is 55.2 Å². The molecule has 0 amide bonds. The summed E-state index contributed by atoms with van der Waals surface area (Å²) in [5, 5.41) is 5.40. The zero-order chi connectivity index (χ0) is 17.4. The molecule has 0 N–H and O–H groups in total. The highest BCUT2D eigenvalue weighted by atomic mass is 127. The standard InChI is InChI=1S/C17H12BrFIN4P/c18-13-7-6-12-15(22-24(25-20)16(12)14(13)19)17-21-8-9-23(17)10-11-4-2-1-3-5-11/h1-9,25H,10H2. The number of fused-ring (bicyclic) bond motifs is 1. The Kier molecular flexibility index (Phi) is 4.88. The van der Waals surface area contributed by atoms with E-state index in [1.807, 2.05) is 35.0 Å². The average molecular weight is 529 g/mol. The molecule has 0 bridgehead atoms. The molecule has 8 heteroatoms. The second kappa shape index (κ2) is 7.13. The Balaban J connectivity index is 1.87. The molecule has 2 aromatic heterocycles. The van der Waals surface area contributed by atoms with Gasteiger partial charge in [-0.1, -0.05) is 30.3 Å². The first-order chi connectivity index (χ1) is 12.2. The van der Waals surface area contributed by atoms with E-state index in [1.54, 1.807) is 16.7 Å². The summed E-state index contributed by atoms with van der Waals surface area (Å²) in [6.07, 6.45) is 3.98. The fraction of sp³-hybridized carbons (Fsp3) is 0.0588. The lowest BCUT2D eigenvalue weighted by atomic mass is 10.2. The van der Waals surface area contributed by atoms with Gasteiger partial charge in [-0.3, -0.25) is 0 Å². The van der Waals surface area contributed by atoms with Crippen molar-refractivity contribution in [1.29, 1.82) is 0 Å². The molecule has 0 spiro atoms. The molecule has 4 aromatic rings. The predicted octanol–water partition coefficient (Wildman–Crippen LogP) is 5.64. The van der Waals surface area contributed by atoms with Gasteiger partial charge in [-0.05, 0) is 55.7 Å². The molecular formula is C17H12BrFIN4P. The molecule has 2 aromatic carbocycles. The van der Waals surface area contributed by atoms with Crippen LogP contribution >= 0.6 is 44.3 Å². The van der Waals surface area contributed by atoms with E-state index in [1.165, 1.54) is 5.56 Å². The summed E-state index contributed by atoms with van der Waals surface area (Å²) in [4.78, 5) is 4.49. The Hall–Kier alpha value is -1.31. The summed E-state index contributed by atoms with van der Waals surface area (Å²) < 4.78 is 18.8. The van der Waals surface area contributed by atoms with Gasteiger partial charge in [0.25, 0.3) is 0 Å². The van der Waals surface area contributed by atoms with Crippen LogP contribution in [0.3, 0.4) is 0 Å². The first-order valence-corrected chi connectivity index (χ1v) is 12.3. The summed E-state index contributed by atoms with van der Waals surface area (Å²) in [7, 11) is 0. The van der Waals surface area contributed by atoms with Gasteiger partial charge in [0.1, 0.15) is 11.2 Å². The van der Waals surface area contributed by atoms with Crippen molar-refractivity contribution in [2.24, 2.45) is 0 Å². The highest BCUT2D eigenvalue weighted by Gasteiger charge is 2.20. The van der Waals surface area contributed by atoms with E-state index in [2.05, 4.69) is 60.2 Å². The third-order valence-corrected chi connectivity index (χ3v) is 6.41. The Bertz CT molecular complexity index is 1050. The van der Waals surface area contributed by atoms with Crippen LogP contribution in [0.5, 0.6) is 0 Å². The van der Waals surface area contributed by atoms with Crippen LogP contribution < -0.4 is 0 Å². The second-order valence-corrected chi connectivity index (χ2v) is 8.36. The van der Waals surface area contributed by atoms with Gasteiger partial charge in [-0.2, -0.15) is 5.10 Å². The summed E-state index contributed by atoms with van der Waals surface area (Å²) in [5.41, 5.74) is 2.38. The van der Waals surface area contributed by atoms with E-state index in [0.717, 1.165) is 11.2 Å². The number of hydrogen-bond donors (Lipinski definition) is 0. The van der Waals surface area contributed by atoms with Crippen molar-refractivity contribution < 1.29 is 4.39 Å². The van der Waals surface area contributed by atoms with Crippen LogP contribution in [-0.4, -0.2) is 19.1 Å². The Morgan fingerprint density at radius 2 is 1.96 bits per heavy atom. The summed E-state index contributed by atoms with van der Waals surface area (Å²) in [6, 6.07) is 13.8. The topological polar surface area (TPSA) is 35.6 Å². The number of rotatable bonds is 4. The number of halogens is 3. The van der Waals surface area contributed by atoms with Crippen molar-refractivity contribution in [1.82, 2.24) is 19.1 Å². The van der Waals surface area contributed by atoms with Gasteiger partial charge < -0.3 is 4.57 Å². The molecule has 0 aliphatic carbocycles. The molecule has 1 atom stereocenters. The lowest BCUT2D eigenvalue weighted by Gasteiger charge is -2.06. The van der Waals surface area contributed by atoms with Gasteiger partial charge in [0.05, 0.1) is 10.8 Å². The van der Waals surface area contributed by atoms with E-state index in [4.69, 9.17) is 0 Å². The van der Waals surface area contributed by atoms with Crippen molar-refractivity contribution in [2.75, 3.05) is 0 Å². The van der Waals surface area contributed by atoms with Crippen LogP contribution in [0, 0.1) is 5.82 Å². The van der Waals surface area contributed by atoms with E-state index >= 15 is 0 Å². The first kappa shape index (κ1) is 17.1. The molecule has 0 radical (unpaired) electrons. The van der Waals surface area contributed by atoms with Gasteiger partial charge in [-0.15, -0.1) is 0 Å². The molecule has 4 nitrogen and oxygen atoms in total. The highest BCUT2D eigenvalue weighted by molar-refractivity contribution is 14.2. The fourth-order valence-electron chi connectivity index (χ4n) is 2.80. The minimum atomic E-state index is -0.290. The van der Waals surface area contributed by atoms with Crippen molar-refractivity contribution in [3.63, 3.8) is 0 Å².